The highest BCUT2D eigenvalue weighted by atomic mass is 19.4. The van der Waals surface area contributed by atoms with E-state index in [1.54, 1.807) is 6.92 Å². The maximum absolute atomic E-state index is 12.5. The summed E-state index contributed by atoms with van der Waals surface area (Å²) in [6.07, 6.45) is -1.91. The number of benzene rings is 1. The van der Waals surface area contributed by atoms with Crippen molar-refractivity contribution < 1.29 is 22.4 Å². The zero-order chi connectivity index (χ0) is 15.5. The normalized spacial score (nSPS) is 11.8. The Bertz CT molecular complexity index is 675. The molecule has 21 heavy (non-hydrogen) atoms. The molecular formula is C14H11F3N2O2. The number of rotatable bonds is 3. The molecule has 0 aliphatic rings. The van der Waals surface area contributed by atoms with Gasteiger partial charge in [0.1, 0.15) is 5.76 Å². The number of carbonyl (C=O) groups is 1. The SMILES string of the molecule is Cc1occc1C(=O)N/N=C/c1cccc(C(F)(F)F)c1. The van der Waals surface area contributed by atoms with Gasteiger partial charge in [-0.05, 0) is 30.7 Å². The third-order valence-electron chi connectivity index (χ3n) is 2.70. The molecule has 4 nitrogen and oxygen atoms in total. The molecule has 0 saturated heterocycles. The van der Waals surface area contributed by atoms with Crippen LogP contribution in [-0.4, -0.2) is 12.1 Å². The van der Waals surface area contributed by atoms with Crippen molar-refractivity contribution in [1.82, 2.24) is 5.43 Å². The van der Waals surface area contributed by atoms with Gasteiger partial charge in [-0.3, -0.25) is 4.79 Å². The molecule has 0 bridgehead atoms. The van der Waals surface area contributed by atoms with Crippen molar-refractivity contribution in [1.29, 1.82) is 0 Å². The molecule has 0 aliphatic carbocycles. The molecule has 1 heterocycles. The van der Waals surface area contributed by atoms with Gasteiger partial charge in [0.15, 0.2) is 0 Å². The fourth-order valence-corrected chi connectivity index (χ4v) is 1.64. The van der Waals surface area contributed by atoms with Gasteiger partial charge in [-0.15, -0.1) is 0 Å². The summed E-state index contributed by atoms with van der Waals surface area (Å²) in [4.78, 5) is 11.7. The third kappa shape index (κ3) is 3.71. The number of amides is 1. The number of nitrogens with zero attached hydrogens (tertiary/aromatic N) is 1. The summed E-state index contributed by atoms with van der Waals surface area (Å²) in [5, 5.41) is 3.63. The average molecular weight is 296 g/mol. The van der Waals surface area contributed by atoms with Crippen LogP contribution < -0.4 is 5.43 Å². The molecule has 0 fully saturated rings. The molecule has 0 saturated carbocycles. The molecule has 1 aromatic heterocycles. The van der Waals surface area contributed by atoms with Crippen LogP contribution in [0.25, 0.3) is 0 Å². The standard InChI is InChI=1S/C14H11F3N2O2/c1-9-12(5-6-21-9)13(20)19-18-8-10-3-2-4-11(7-10)14(15,16)17/h2-8H,1H3,(H,19,20)/b18-8+. The number of furan rings is 1. The Labute approximate surface area is 118 Å². The number of carbonyl (C=O) groups excluding carboxylic acids is 1. The Morgan fingerprint density at radius 1 is 1.33 bits per heavy atom. The quantitative estimate of drug-likeness (QED) is 0.697. The molecule has 0 aliphatic heterocycles. The number of aryl methyl sites for hydroxylation is 1. The Morgan fingerprint density at radius 3 is 2.71 bits per heavy atom. The Hall–Kier alpha value is -2.57. The average Bonchev–Trinajstić information content (AvgIpc) is 2.84. The van der Waals surface area contributed by atoms with Crippen LogP contribution in [0.5, 0.6) is 0 Å². The summed E-state index contributed by atoms with van der Waals surface area (Å²) in [5.41, 5.74) is 1.99. The van der Waals surface area contributed by atoms with Gasteiger partial charge in [0.25, 0.3) is 5.91 Å². The minimum absolute atomic E-state index is 0.231. The van der Waals surface area contributed by atoms with Crippen molar-refractivity contribution in [3.05, 3.63) is 59.0 Å². The van der Waals surface area contributed by atoms with Crippen molar-refractivity contribution in [3.63, 3.8) is 0 Å². The zero-order valence-corrected chi connectivity index (χ0v) is 10.9. The minimum atomic E-state index is -4.42. The van der Waals surface area contributed by atoms with Gasteiger partial charge in [0, 0.05) is 0 Å². The van der Waals surface area contributed by atoms with Crippen molar-refractivity contribution in [2.24, 2.45) is 5.10 Å². The molecular weight excluding hydrogens is 285 g/mol. The first-order chi connectivity index (χ1) is 9.88. The van der Waals surface area contributed by atoms with E-state index < -0.39 is 17.6 Å². The smallest absolute Gasteiger partial charge is 0.416 e. The molecule has 1 aromatic carbocycles. The van der Waals surface area contributed by atoms with Crippen LogP contribution in [0.15, 0.2) is 46.1 Å². The summed E-state index contributed by atoms with van der Waals surface area (Å²) >= 11 is 0. The lowest BCUT2D eigenvalue weighted by Gasteiger charge is -2.06. The molecule has 0 unspecified atom stereocenters. The lowest BCUT2D eigenvalue weighted by molar-refractivity contribution is -0.137. The van der Waals surface area contributed by atoms with Crippen molar-refractivity contribution in [2.45, 2.75) is 13.1 Å². The fraction of sp³-hybridized carbons (Fsp3) is 0.143. The molecule has 0 radical (unpaired) electrons. The number of hydrogen-bond donors (Lipinski definition) is 1. The number of nitrogens with one attached hydrogen (secondary N) is 1. The second kappa shape index (κ2) is 5.82. The monoisotopic (exact) mass is 296 g/mol. The summed E-state index contributed by atoms with van der Waals surface area (Å²) in [5.74, 6) is -0.0637. The van der Waals surface area contributed by atoms with E-state index in [9.17, 15) is 18.0 Å². The van der Waals surface area contributed by atoms with Crippen molar-refractivity contribution >= 4 is 12.1 Å². The van der Waals surface area contributed by atoms with Crippen LogP contribution in [0, 0.1) is 6.92 Å². The van der Waals surface area contributed by atoms with Gasteiger partial charge >= 0.3 is 6.18 Å². The first-order valence-corrected chi connectivity index (χ1v) is 5.92. The largest absolute Gasteiger partial charge is 0.469 e. The highest BCUT2D eigenvalue weighted by Crippen LogP contribution is 2.29. The summed E-state index contributed by atoms with van der Waals surface area (Å²) in [6.45, 7) is 1.62. The van der Waals surface area contributed by atoms with Gasteiger partial charge in [0.05, 0.1) is 23.6 Å². The second-order valence-corrected chi connectivity index (χ2v) is 4.21. The van der Waals surface area contributed by atoms with Gasteiger partial charge in [-0.25, -0.2) is 5.43 Å². The topological polar surface area (TPSA) is 54.6 Å². The molecule has 110 valence electrons. The number of hydrazone groups is 1. The molecule has 2 aromatic rings. The van der Waals surface area contributed by atoms with Crippen LogP contribution in [0.1, 0.15) is 27.2 Å². The van der Waals surface area contributed by atoms with E-state index in [-0.39, 0.29) is 5.56 Å². The minimum Gasteiger partial charge on any atom is -0.469 e. The maximum Gasteiger partial charge on any atom is 0.416 e. The van der Waals surface area contributed by atoms with Gasteiger partial charge in [-0.2, -0.15) is 18.3 Å². The predicted octanol–water partition coefficient (Wildman–Crippen LogP) is 3.37. The van der Waals surface area contributed by atoms with E-state index in [2.05, 4.69) is 10.5 Å². The second-order valence-electron chi connectivity index (χ2n) is 4.21. The van der Waals surface area contributed by atoms with E-state index in [4.69, 9.17) is 4.42 Å². The Morgan fingerprint density at radius 2 is 2.10 bits per heavy atom. The number of hydrogen-bond acceptors (Lipinski definition) is 3. The highest BCUT2D eigenvalue weighted by molar-refractivity contribution is 5.95. The molecule has 1 amide bonds. The first-order valence-electron chi connectivity index (χ1n) is 5.92. The number of alkyl halides is 3. The van der Waals surface area contributed by atoms with Crippen LogP contribution in [0.3, 0.4) is 0 Å². The molecule has 7 heteroatoms. The zero-order valence-electron chi connectivity index (χ0n) is 10.9. The summed E-state index contributed by atoms with van der Waals surface area (Å²) < 4.78 is 42.5. The molecule has 0 spiro atoms. The Kier molecular flexibility index (Phi) is 4.11. The van der Waals surface area contributed by atoms with E-state index in [1.165, 1.54) is 24.5 Å². The van der Waals surface area contributed by atoms with Crippen LogP contribution in [-0.2, 0) is 6.18 Å². The predicted molar refractivity (Wildman–Crippen MR) is 69.9 cm³/mol. The van der Waals surface area contributed by atoms with Crippen molar-refractivity contribution in [3.8, 4) is 0 Å². The Balaban J connectivity index is 2.05. The van der Waals surface area contributed by atoms with Gasteiger partial charge < -0.3 is 4.42 Å². The van der Waals surface area contributed by atoms with E-state index >= 15 is 0 Å². The van der Waals surface area contributed by atoms with E-state index in [1.807, 2.05) is 0 Å². The maximum atomic E-state index is 12.5. The summed E-state index contributed by atoms with van der Waals surface area (Å²) in [6, 6.07) is 6.11. The first kappa shape index (κ1) is 14.8. The lowest BCUT2D eigenvalue weighted by atomic mass is 10.1. The van der Waals surface area contributed by atoms with E-state index in [0.717, 1.165) is 18.3 Å². The lowest BCUT2D eigenvalue weighted by Crippen LogP contribution is -2.17. The van der Waals surface area contributed by atoms with Crippen LogP contribution in [0.4, 0.5) is 13.2 Å². The molecule has 1 N–H and O–H groups in total. The highest BCUT2D eigenvalue weighted by Gasteiger charge is 2.30. The number of halogens is 3. The third-order valence-corrected chi connectivity index (χ3v) is 2.70. The van der Waals surface area contributed by atoms with E-state index in [0.29, 0.717) is 11.3 Å². The fourth-order valence-electron chi connectivity index (χ4n) is 1.64. The van der Waals surface area contributed by atoms with Crippen molar-refractivity contribution in [2.75, 3.05) is 0 Å². The summed E-state index contributed by atoms with van der Waals surface area (Å²) in [7, 11) is 0. The van der Waals surface area contributed by atoms with Crippen LogP contribution in [0.2, 0.25) is 0 Å². The van der Waals surface area contributed by atoms with Gasteiger partial charge in [-0.1, -0.05) is 12.1 Å². The molecule has 2 rings (SSSR count). The van der Waals surface area contributed by atoms with Crippen LogP contribution >= 0.6 is 0 Å². The molecule has 0 atom stereocenters. The van der Waals surface area contributed by atoms with Gasteiger partial charge in [0.2, 0.25) is 0 Å².